The Morgan fingerprint density at radius 1 is 0.894 bits per heavy atom. The van der Waals surface area contributed by atoms with Crippen molar-refractivity contribution in [2.45, 2.75) is 81.4 Å². The Hall–Kier alpha value is -3.65. The number of aliphatic hydroxyl groups excluding tert-OH is 1. The van der Waals surface area contributed by atoms with Gasteiger partial charge in [0.25, 0.3) is 0 Å². The van der Waals surface area contributed by atoms with Crippen molar-refractivity contribution in [3.8, 4) is 11.1 Å². The molecule has 1 aliphatic heterocycles. The zero-order chi connectivity index (χ0) is 33.0. The highest BCUT2D eigenvalue weighted by atomic mass is 32.2. The third kappa shape index (κ3) is 10.4. The van der Waals surface area contributed by atoms with Gasteiger partial charge in [-0.2, -0.15) is 0 Å². The summed E-state index contributed by atoms with van der Waals surface area (Å²) in [4.78, 5) is 23.4. The number of ether oxygens (including phenoxy) is 2. The van der Waals surface area contributed by atoms with Crippen LogP contribution in [-0.2, 0) is 32.2 Å². The van der Waals surface area contributed by atoms with Gasteiger partial charge in [-0.25, -0.2) is 5.48 Å². The highest BCUT2D eigenvalue weighted by Gasteiger charge is 2.32. The molecule has 3 aromatic carbocycles. The van der Waals surface area contributed by atoms with Crippen LogP contribution in [-0.4, -0.2) is 44.2 Å². The van der Waals surface area contributed by atoms with Crippen LogP contribution in [0.15, 0.2) is 77.1 Å². The molecule has 1 aliphatic rings. The van der Waals surface area contributed by atoms with Gasteiger partial charge in [0.05, 0.1) is 18.8 Å². The summed E-state index contributed by atoms with van der Waals surface area (Å²) in [6.45, 7) is 2.38. The normalized spacial score (nSPS) is 17.7. The van der Waals surface area contributed by atoms with Crippen LogP contribution in [0.1, 0.15) is 78.2 Å². The highest BCUT2D eigenvalue weighted by Crippen LogP contribution is 2.40. The van der Waals surface area contributed by atoms with Crippen molar-refractivity contribution in [1.82, 2.24) is 21.0 Å². The van der Waals surface area contributed by atoms with Crippen LogP contribution in [0.25, 0.3) is 11.1 Å². The zero-order valence-corrected chi connectivity index (χ0v) is 27.9. The molecule has 1 aromatic heterocycles. The summed E-state index contributed by atoms with van der Waals surface area (Å²) in [7, 11) is 0. The maximum absolute atomic E-state index is 12.3. The van der Waals surface area contributed by atoms with Gasteiger partial charge in [0.2, 0.25) is 11.8 Å². The number of amides is 2. The number of carbonyl (C=O) groups is 2. The molecule has 0 unspecified atom stereocenters. The molecule has 4 N–H and O–H groups in total. The monoisotopic (exact) mass is 676 g/mol. The average Bonchev–Trinajstić information content (AvgIpc) is 3.54. The van der Waals surface area contributed by atoms with Crippen molar-refractivity contribution in [3.63, 3.8) is 0 Å². The van der Waals surface area contributed by atoms with Crippen molar-refractivity contribution in [1.29, 1.82) is 0 Å². The first kappa shape index (κ1) is 34.7. The summed E-state index contributed by atoms with van der Waals surface area (Å²) in [6.07, 6.45) is 2.62. The predicted molar refractivity (Wildman–Crippen MR) is 181 cm³/mol. The van der Waals surface area contributed by atoms with E-state index in [4.69, 9.17) is 14.7 Å². The van der Waals surface area contributed by atoms with E-state index in [2.05, 4.69) is 33.7 Å². The van der Waals surface area contributed by atoms with Gasteiger partial charge in [-0.05, 0) is 53.6 Å². The minimum atomic E-state index is -0.546. The largest absolute Gasteiger partial charge is 0.392 e. The molecule has 5 rings (SSSR count). The molecular formula is C35H40N4O6S2. The number of aryl methyl sites for hydroxylation is 1. The molecule has 12 heteroatoms. The van der Waals surface area contributed by atoms with Gasteiger partial charge < -0.3 is 19.9 Å². The highest BCUT2D eigenvalue weighted by molar-refractivity contribution is 8.01. The van der Waals surface area contributed by atoms with E-state index in [-0.39, 0.29) is 31.1 Å². The van der Waals surface area contributed by atoms with Gasteiger partial charge >= 0.3 is 0 Å². The van der Waals surface area contributed by atoms with Gasteiger partial charge in [0.1, 0.15) is 5.01 Å². The third-order valence-electron chi connectivity index (χ3n) is 7.88. The SMILES string of the molecule is Cc1nnc(SC[C@@H]2C[C@H](c3ccc(CO)cc3)O[C@H](c3ccc(-c4cccc(CNC(=O)CCCCCC(=O)NO)c4)cc3)O2)s1. The van der Waals surface area contributed by atoms with Gasteiger partial charge in [-0.1, -0.05) is 96.2 Å². The van der Waals surface area contributed by atoms with E-state index in [1.54, 1.807) is 28.6 Å². The summed E-state index contributed by atoms with van der Waals surface area (Å²) < 4.78 is 13.9. The second kappa shape index (κ2) is 17.5. The van der Waals surface area contributed by atoms with E-state index in [0.717, 1.165) is 54.9 Å². The standard InChI is InChI=1S/C35H40N4O6S2/c1-23-37-38-35(47-23)46-22-30-19-31(27-12-10-24(21-40)11-13-27)45-34(44-30)28-16-14-26(15-17-28)29-7-5-6-25(18-29)20-36-32(41)8-3-2-4-9-33(42)39-43/h5-7,10-18,30-31,34,40,43H,2-4,8-9,19-22H2,1H3,(H,36,41)(H,39,42)/t30-,31+,34+/m0/s1. The minimum Gasteiger partial charge on any atom is -0.392 e. The van der Waals surface area contributed by atoms with Gasteiger partial charge in [0.15, 0.2) is 10.6 Å². The fourth-order valence-electron chi connectivity index (χ4n) is 5.31. The fourth-order valence-corrected chi connectivity index (χ4v) is 7.17. The number of nitrogens with zero attached hydrogens (tertiary/aromatic N) is 2. The van der Waals surface area contributed by atoms with Gasteiger partial charge in [-0.15, -0.1) is 10.2 Å². The molecule has 1 fully saturated rings. The van der Waals surface area contributed by atoms with Crippen molar-refractivity contribution in [3.05, 3.63) is 100 Å². The van der Waals surface area contributed by atoms with E-state index in [1.165, 1.54) is 0 Å². The van der Waals surface area contributed by atoms with Crippen LogP contribution < -0.4 is 10.8 Å². The molecule has 248 valence electrons. The molecule has 2 amide bonds. The van der Waals surface area contributed by atoms with E-state index >= 15 is 0 Å². The Morgan fingerprint density at radius 2 is 1.64 bits per heavy atom. The maximum Gasteiger partial charge on any atom is 0.243 e. The number of aromatic nitrogens is 2. The summed E-state index contributed by atoms with van der Waals surface area (Å²) in [5.41, 5.74) is 7.53. The number of carbonyl (C=O) groups excluding carboxylic acids is 2. The van der Waals surface area contributed by atoms with E-state index in [9.17, 15) is 14.7 Å². The Kier molecular flexibility index (Phi) is 12.9. The fraction of sp³-hybridized carbons (Fsp3) is 0.371. The predicted octanol–water partition coefficient (Wildman–Crippen LogP) is 6.42. The van der Waals surface area contributed by atoms with Crippen LogP contribution in [0, 0.1) is 6.92 Å². The summed E-state index contributed by atoms with van der Waals surface area (Å²) in [6, 6.07) is 24.2. The van der Waals surface area contributed by atoms with Crippen molar-refractivity contribution >= 4 is 34.9 Å². The van der Waals surface area contributed by atoms with Gasteiger partial charge in [0, 0.05) is 37.1 Å². The Bertz CT molecular complexity index is 1600. The Morgan fingerprint density at radius 3 is 2.34 bits per heavy atom. The number of benzene rings is 3. The lowest BCUT2D eigenvalue weighted by Gasteiger charge is -2.36. The van der Waals surface area contributed by atoms with Crippen molar-refractivity contribution in [2.75, 3.05) is 5.75 Å². The van der Waals surface area contributed by atoms with Crippen LogP contribution in [0.5, 0.6) is 0 Å². The summed E-state index contributed by atoms with van der Waals surface area (Å²) in [5.74, 6) is 0.288. The molecule has 10 nitrogen and oxygen atoms in total. The molecule has 0 bridgehead atoms. The first-order valence-electron chi connectivity index (χ1n) is 15.7. The average molecular weight is 677 g/mol. The Balaban J connectivity index is 1.20. The first-order chi connectivity index (χ1) is 22.9. The number of nitrogens with one attached hydrogen (secondary N) is 2. The van der Waals surface area contributed by atoms with Gasteiger partial charge in [-0.3, -0.25) is 14.8 Å². The Labute approximate surface area is 282 Å². The molecule has 4 aromatic rings. The molecule has 0 saturated carbocycles. The second-order valence-corrected chi connectivity index (χ2v) is 13.9. The van der Waals surface area contributed by atoms with Crippen LogP contribution in [0.3, 0.4) is 0 Å². The van der Waals surface area contributed by atoms with Crippen LogP contribution >= 0.6 is 23.1 Å². The number of unbranched alkanes of at least 4 members (excludes halogenated alkanes) is 2. The zero-order valence-electron chi connectivity index (χ0n) is 26.3. The first-order valence-corrected chi connectivity index (χ1v) is 17.5. The second-order valence-electron chi connectivity index (χ2n) is 11.4. The third-order valence-corrected chi connectivity index (χ3v) is 9.98. The van der Waals surface area contributed by atoms with E-state index in [0.29, 0.717) is 32.2 Å². The number of hydrogen-bond donors (Lipinski definition) is 4. The molecule has 0 radical (unpaired) electrons. The van der Waals surface area contributed by atoms with Crippen molar-refractivity contribution < 1.29 is 29.4 Å². The van der Waals surface area contributed by atoms with Crippen LogP contribution in [0.4, 0.5) is 0 Å². The smallest absolute Gasteiger partial charge is 0.243 e. The number of aliphatic hydroxyl groups is 1. The van der Waals surface area contributed by atoms with E-state index in [1.807, 2.05) is 61.5 Å². The summed E-state index contributed by atoms with van der Waals surface area (Å²) in [5, 5.41) is 30.3. The lowest BCUT2D eigenvalue weighted by molar-refractivity contribution is -0.245. The number of thioether (sulfide) groups is 1. The van der Waals surface area contributed by atoms with Crippen molar-refractivity contribution in [2.24, 2.45) is 0 Å². The lowest BCUT2D eigenvalue weighted by Crippen LogP contribution is -2.31. The molecule has 0 spiro atoms. The molecule has 47 heavy (non-hydrogen) atoms. The quantitative estimate of drug-likeness (QED) is 0.0486. The summed E-state index contributed by atoms with van der Waals surface area (Å²) >= 11 is 3.22. The number of hydroxylamine groups is 1. The maximum atomic E-state index is 12.3. The molecule has 1 saturated heterocycles. The molecule has 3 atom stereocenters. The molecular weight excluding hydrogens is 637 g/mol. The van der Waals surface area contributed by atoms with Crippen LogP contribution in [0.2, 0.25) is 0 Å². The minimum absolute atomic E-state index is 0.00151. The lowest BCUT2D eigenvalue weighted by atomic mass is 9.99. The number of hydrogen-bond acceptors (Lipinski definition) is 10. The van der Waals surface area contributed by atoms with E-state index < -0.39 is 12.2 Å². The molecule has 0 aliphatic carbocycles. The topological polar surface area (TPSA) is 143 Å². The molecule has 2 heterocycles. The number of rotatable bonds is 15.